The molecule has 0 bridgehead atoms. The second-order valence-corrected chi connectivity index (χ2v) is 5.33. The molecular weight excluding hydrogens is 218 g/mol. The van der Waals surface area contributed by atoms with Crippen molar-refractivity contribution in [2.75, 3.05) is 11.9 Å². The topological polar surface area (TPSA) is 3.24 Å². The summed E-state index contributed by atoms with van der Waals surface area (Å²) in [6, 6.07) is 19.6. The van der Waals surface area contributed by atoms with Gasteiger partial charge in [-0.15, -0.1) is 0 Å². The molecule has 0 N–H and O–H groups in total. The second-order valence-electron chi connectivity index (χ2n) is 5.33. The van der Waals surface area contributed by atoms with E-state index in [2.05, 4.69) is 73.5 Å². The maximum atomic E-state index is 2.43. The van der Waals surface area contributed by atoms with Crippen molar-refractivity contribution in [2.24, 2.45) is 0 Å². The van der Waals surface area contributed by atoms with E-state index >= 15 is 0 Å². The minimum absolute atomic E-state index is 0.107. The first kappa shape index (κ1) is 11.3. The summed E-state index contributed by atoms with van der Waals surface area (Å²) in [4.78, 5) is 2.43. The number of para-hydroxylation sites is 1. The molecule has 0 fully saturated rings. The summed E-state index contributed by atoms with van der Waals surface area (Å²) in [5.74, 6) is 0. The molecule has 1 aliphatic heterocycles. The van der Waals surface area contributed by atoms with Gasteiger partial charge in [0.05, 0.1) is 5.54 Å². The molecule has 1 atom stereocenters. The van der Waals surface area contributed by atoms with Gasteiger partial charge in [-0.05, 0) is 37.0 Å². The van der Waals surface area contributed by atoms with Gasteiger partial charge in [0.2, 0.25) is 0 Å². The lowest BCUT2D eigenvalue weighted by atomic mass is 9.80. The van der Waals surface area contributed by atoms with Crippen LogP contribution in [0.5, 0.6) is 0 Å². The van der Waals surface area contributed by atoms with Crippen molar-refractivity contribution in [3.8, 4) is 0 Å². The number of aryl methyl sites for hydroxylation is 1. The number of rotatable bonds is 1. The van der Waals surface area contributed by atoms with E-state index in [1.54, 1.807) is 0 Å². The second kappa shape index (κ2) is 4.16. The molecule has 0 amide bonds. The van der Waals surface area contributed by atoms with Crippen LogP contribution in [-0.2, 0) is 12.0 Å². The van der Waals surface area contributed by atoms with Gasteiger partial charge in [0, 0.05) is 12.7 Å². The van der Waals surface area contributed by atoms with Crippen molar-refractivity contribution in [1.29, 1.82) is 0 Å². The van der Waals surface area contributed by atoms with Crippen molar-refractivity contribution in [2.45, 2.75) is 25.3 Å². The van der Waals surface area contributed by atoms with Crippen molar-refractivity contribution in [3.05, 3.63) is 65.7 Å². The SMILES string of the molecule is CN1c2ccccc2CCC1(C)c1ccccc1. The number of hydrogen-bond acceptors (Lipinski definition) is 1. The molecule has 1 aliphatic rings. The van der Waals surface area contributed by atoms with Gasteiger partial charge in [-0.3, -0.25) is 0 Å². The average Bonchev–Trinajstić information content (AvgIpc) is 2.44. The predicted octanol–water partition coefficient (Wildman–Crippen LogP) is 3.98. The molecule has 1 heteroatoms. The van der Waals surface area contributed by atoms with Crippen LogP contribution in [0.1, 0.15) is 24.5 Å². The van der Waals surface area contributed by atoms with Crippen LogP contribution in [0.4, 0.5) is 5.69 Å². The Bertz CT molecular complexity index is 547. The van der Waals surface area contributed by atoms with Gasteiger partial charge >= 0.3 is 0 Å². The number of nitrogens with zero attached hydrogens (tertiary/aromatic N) is 1. The zero-order chi connectivity index (χ0) is 12.6. The molecule has 92 valence electrons. The number of fused-ring (bicyclic) bond motifs is 1. The average molecular weight is 237 g/mol. The van der Waals surface area contributed by atoms with Crippen molar-refractivity contribution in [3.63, 3.8) is 0 Å². The maximum absolute atomic E-state index is 2.43. The van der Waals surface area contributed by atoms with Gasteiger partial charge in [0.1, 0.15) is 0 Å². The molecule has 0 spiro atoms. The van der Waals surface area contributed by atoms with E-state index in [1.807, 2.05) is 0 Å². The fourth-order valence-electron chi connectivity index (χ4n) is 3.00. The van der Waals surface area contributed by atoms with Gasteiger partial charge < -0.3 is 4.90 Å². The van der Waals surface area contributed by atoms with E-state index in [1.165, 1.54) is 23.2 Å². The van der Waals surface area contributed by atoms with E-state index in [0.29, 0.717) is 0 Å². The van der Waals surface area contributed by atoms with Crippen molar-refractivity contribution in [1.82, 2.24) is 0 Å². The van der Waals surface area contributed by atoms with Gasteiger partial charge in [-0.2, -0.15) is 0 Å². The van der Waals surface area contributed by atoms with Crippen LogP contribution in [0.15, 0.2) is 54.6 Å². The highest BCUT2D eigenvalue weighted by molar-refractivity contribution is 5.58. The lowest BCUT2D eigenvalue weighted by Crippen LogP contribution is -2.44. The molecule has 18 heavy (non-hydrogen) atoms. The first-order chi connectivity index (χ1) is 8.72. The third-order valence-corrected chi connectivity index (χ3v) is 4.37. The van der Waals surface area contributed by atoms with Crippen LogP contribution in [0.25, 0.3) is 0 Å². The highest BCUT2D eigenvalue weighted by Gasteiger charge is 2.35. The Hall–Kier alpha value is -1.76. The zero-order valence-electron chi connectivity index (χ0n) is 11.1. The van der Waals surface area contributed by atoms with Crippen LogP contribution < -0.4 is 4.90 Å². The van der Waals surface area contributed by atoms with Crippen LogP contribution in [0.2, 0.25) is 0 Å². The summed E-state index contributed by atoms with van der Waals surface area (Å²) in [6.07, 6.45) is 2.33. The predicted molar refractivity (Wildman–Crippen MR) is 77.0 cm³/mol. The summed E-state index contributed by atoms with van der Waals surface area (Å²) in [5.41, 5.74) is 4.35. The fraction of sp³-hybridized carbons (Fsp3) is 0.294. The number of anilines is 1. The highest BCUT2D eigenvalue weighted by atomic mass is 15.2. The summed E-state index contributed by atoms with van der Waals surface area (Å²) in [7, 11) is 2.21. The summed E-state index contributed by atoms with van der Waals surface area (Å²) >= 11 is 0. The standard InChI is InChI=1S/C17H19N/c1-17(15-9-4-3-5-10-15)13-12-14-8-6-7-11-16(14)18(17)2/h3-11H,12-13H2,1-2H3. The summed E-state index contributed by atoms with van der Waals surface area (Å²) in [6.45, 7) is 2.35. The van der Waals surface area contributed by atoms with Gasteiger partial charge in [-0.1, -0.05) is 48.5 Å². The van der Waals surface area contributed by atoms with Crippen molar-refractivity contribution >= 4 is 5.69 Å². The molecule has 1 nitrogen and oxygen atoms in total. The molecule has 0 aromatic heterocycles. The Kier molecular flexibility index (Phi) is 2.62. The third-order valence-electron chi connectivity index (χ3n) is 4.37. The van der Waals surface area contributed by atoms with Crippen LogP contribution in [0, 0.1) is 0 Å². The Balaban J connectivity index is 2.07. The lowest BCUT2D eigenvalue weighted by molar-refractivity contribution is 0.409. The van der Waals surface area contributed by atoms with E-state index in [9.17, 15) is 0 Å². The van der Waals surface area contributed by atoms with Gasteiger partial charge in [-0.25, -0.2) is 0 Å². The van der Waals surface area contributed by atoms with Gasteiger partial charge in [0.25, 0.3) is 0 Å². The molecule has 0 saturated heterocycles. The van der Waals surface area contributed by atoms with Gasteiger partial charge in [0.15, 0.2) is 0 Å². The first-order valence-corrected chi connectivity index (χ1v) is 6.59. The smallest absolute Gasteiger partial charge is 0.0625 e. The van der Waals surface area contributed by atoms with Crippen LogP contribution >= 0.6 is 0 Å². The molecule has 0 saturated carbocycles. The lowest BCUT2D eigenvalue weighted by Gasteiger charge is -2.45. The van der Waals surface area contributed by atoms with Crippen molar-refractivity contribution < 1.29 is 0 Å². The number of benzene rings is 2. The minimum atomic E-state index is 0.107. The molecule has 1 unspecified atom stereocenters. The normalized spacial score (nSPS) is 22.7. The van der Waals surface area contributed by atoms with E-state index in [4.69, 9.17) is 0 Å². The summed E-state index contributed by atoms with van der Waals surface area (Å²) in [5, 5.41) is 0. The van der Waals surface area contributed by atoms with Crippen LogP contribution in [0.3, 0.4) is 0 Å². The minimum Gasteiger partial charge on any atom is -0.365 e. The monoisotopic (exact) mass is 237 g/mol. The number of hydrogen-bond donors (Lipinski definition) is 0. The van der Waals surface area contributed by atoms with Crippen LogP contribution in [-0.4, -0.2) is 7.05 Å². The fourth-order valence-corrected chi connectivity index (χ4v) is 3.00. The molecule has 3 rings (SSSR count). The Morgan fingerprint density at radius 2 is 1.61 bits per heavy atom. The largest absolute Gasteiger partial charge is 0.365 e. The highest BCUT2D eigenvalue weighted by Crippen LogP contribution is 2.41. The molecule has 1 heterocycles. The van der Waals surface area contributed by atoms with E-state index < -0.39 is 0 Å². The summed E-state index contributed by atoms with van der Waals surface area (Å²) < 4.78 is 0. The molecular formula is C17H19N. The Morgan fingerprint density at radius 1 is 0.944 bits per heavy atom. The Labute approximate surface area is 109 Å². The molecule has 0 aliphatic carbocycles. The first-order valence-electron chi connectivity index (χ1n) is 6.59. The third kappa shape index (κ3) is 1.62. The zero-order valence-corrected chi connectivity index (χ0v) is 11.1. The molecule has 2 aromatic carbocycles. The Morgan fingerprint density at radius 3 is 2.39 bits per heavy atom. The van der Waals surface area contributed by atoms with E-state index in [-0.39, 0.29) is 5.54 Å². The maximum Gasteiger partial charge on any atom is 0.0625 e. The molecule has 2 aromatic rings. The quantitative estimate of drug-likeness (QED) is 0.725. The van der Waals surface area contributed by atoms with E-state index in [0.717, 1.165) is 6.42 Å². The molecule has 0 radical (unpaired) electrons.